The van der Waals surface area contributed by atoms with Crippen molar-refractivity contribution in [2.75, 3.05) is 6.61 Å². The van der Waals surface area contributed by atoms with Crippen molar-refractivity contribution in [3.8, 4) is 0 Å². The van der Waals surface area contributed by atoms with E-state index in [4.69, 9.17) is 20.4 Å². The number of aliphatic hydroxyl groups is 4. The van der Waals surface area contributed by atoms with Gasteiger partial charge in [0.1, 0.15) is 0 Å². The van der Waals surface area contributed by atoms with E-state index in [0.717, 1.165) is 0 Å². The molecule has 0 atom stereocenters. The fraction of sp³-hybridized carbons (Fsp3) is 0.600. The predicted octanol–water partition coefficient (Wildman–Crippen LogP) is 2.46. The van der Waals surface area contributed by atoms with Gasteiger partial charge in [-0.15, -0.1) is 0 Å². The van der Waals surface area contributed by atoms with Crippen LogP contribution in [0.3, 0.4) is 0 Å². The summed E-state index contributed by atoms with van der Waals surface area (Å²) < 4.78 is 0. The number of carbonyl (C=O) groups is 2. The summed E-state index contributed by atoms with van der Waals surface area (Å²) >= 11 is 0. The van der Waals surface area contributed by atoms with Crippen molar-refractivity contribution >= 4 is 11.6 Å². The van der Waals surface area contributed by atoms with Crippen LogP contribution in [-0.2, 0) is 31.3 Å². The van der Waals surface area contributed by atoms with Gasteiger partial charge in [-0.2, -0.15) is 0 Å². The molecule has 0 fully saturated rings. The third-order valence-electron chi connectivity index (χ3n) is 0.824. The minimum atomic E-state index is -0.167. The van der Waals surface area contributed by atoms with Crippen molar-refractivity contribution in [3.05, 3.63) is 23.7 Å². The van der Waals surface area contributed by atoms with Crippen molar-refractivity contribution in [2.45, 2.75) is 54.6 Å². The van der Waals surface area contributed by atoms with Gasteiger partial charge in [0.2, 0.25) is 0 Å². The van der Waals surface area contributed by atoms with Crippen LogP contribution in [0.1, 0.15) is 48.5 Å². The van der Waals surface area contributed by atoms with E-state index >= 15 is 0 Å². The monoisotopic (exact) mass is 354 g/mol. The van der Waals surface area contributed by atoms with E-state index in [1.165, 1.54) is 39.8 Å². The Morgan fingerprint density at radius 2 is 1.05 bits per heavy atom. The SMILES string of the molecule is CC(=O)/C=C(/C)O.CC(=O)/C=C(/C)O.CC(C)O.CCO.[Ti]. The molecule has 6 nitrogen and oxygen atoms in total. The molecule has 0 bridgehead atoms. The van der Waals surface area contributed by atoms with Gasteiger partial charge >= 0.3 is 0 Å². The summed E-state index contributed by atoms with van der Waals surface area (Å²) in [5, 5.41) is 32.4. The summed E-state index contributed by atoms with van der Waals surface area (Å²) in [5.41, 5.74) is 0. The van der Waals surface area contributed by atoms with Crippen LogP contribution in [0.2, 0.25) is 0 Å². The average Bonchev–Trinajstić information content (AvgIpc) is 2.12. The number of rotatable bonds is 2. The maximum atomic E-state index is 10.0. The minimum absolute atomic E-state index is 0. The Hall–Kier alpha value is -0.946. The Labute approximate surface area is 148 Å². The third kappa shape index (κ3) is 125. The van der Waals surface area contributed by atoms with E-state index in [2.05, 4.69) is 0 Å². The molecule has 0 spiro atoms. The summed E-state index contributed by atoms with van der Waals surface area (Å²) in [6, 6.07) is 0. The van der Waals surface area contributed by atoms with Gasteiger partial charge in [0.05, 0.1) is 11.5 Å². The molecule has 0 aromatic heterocycles. The molecule has 0 rings (SSSR count). The number of hydrogen-bond donors (Lipinski definition) is 4. The zero-order chi connectivity index (χ0) is 18.0. The Morgan fingerprint density at radius 3 is 1.05 bits per heavy atom. The molecule has 22 heavy (non-hydrogen) atoms. The van der Waals surface area contributed by atoms with Crippen LogP contribution in [0.4, 0.5) is 0 Å². The van der Waals surface area contributed by atoms with E-state index in [-0.39, 0.29) is 57.5 Å². The molecule has 0 aliphatic heterocycles. The third-order valence-corrected chi connectivity index (χ3v) is 0.824. The standard InChI is InChI=1S/2C5H8O2.C3H8O.C2H6O.Ti/c2*1-4(6)3-5(2)7;1-3(2)4;1-2-3;/h2*3,6H,1-2H3;3-4H,1-2H3;3H,2H2,1H3;/b2*4-3-;;;. The summed E-state index contributed by atoms with van der Waals surface area (Å²) in [6.07, 6.45) is 2.17. The molecule has 0 heterocycles. The second kappa shape index (κ2) is 25.0. The maximum absolute atomic E-state index is 10.0. The zero-order valence-electron chi connectivity index (χ0n) is 14.5. The Kier molecular flexibility index (Phi) is 37.4. The molecule has 0 aromatic rings. The molecule has 0 radical (unpaired) electrons. The van der Waals surface area contributed by atoms with Crippen LogP contribution in [0, 0.1) is 0 Å². The minimum Gasteiger partial charge on any atom is -0.512 e. The number of ketones is 2. The van der Waals surface area contributed by atoms with Gasteiger partial charge in [-0.1, -0.05) is 0 Å². The predicted molar refractivity (Wildman–Crippen MR) is 84.2 cm³/mol. The molecule has 0 saturated carbocycles. The van der Waals surface area contributed by atoms with Crippen molar-refractivity contribution in [1.29, 1.82) is 0 Å². The fourth-order valence-corrected chi connectivity index (χ4v) is 0.588. The molecule has 0 unspecified atom stereocenters. The number of aliphatic hydroxyl groups excluding tert-OH is 4. The number of hydrogen-bond acceptors (Lipinski definition) is 6. The molecule has 0 amide bonds. The maximum Gasteiger partial charge on any atom is 0.155 e. The van der Waals surface area contributed by atoms with Gasteiger partial charge in [-0.3, -0.25) is 9.59 Å². The second-order valence-electron chi connectivity index (χ2n) is 4.20. The molecule has 130 valence electrons. The number of allylic oxidation sites excluding steroid dienone is 4. The van der Waals surface area contributed by atoms with Crippen LogP contribution in [0.5, 0.6) is 0 Å². The largest absolute Gasteiger partial charge is 0.512 e. The first-order valence-corrected chi connectivity index (χ1v) is 6.45. The van der Waals surface area contributed by atoms with Gasteiger partial charge in [-0.05, 0) is 48.5 Å². The van der Waals surface area contributed by atoms with Crippen LogP contribution in [0.25, 0.3) is 0 Å². The molecule has 0 aliphatic carbocycles. The van der Waals surface area contributed by atoms with Gasteiger partial charge < -0.3 is 20.4 Å². The van der Waals surface area contributed by atoms with E-state index in [9.17, 15) is 9.59 Å². The van der Waals surface area contributed by atoms with Gasteiger partial charge in [0, 0.05) is 46.6 Å². The fourth-order valence-electron chi connectivity index (χ4n) is 0.588. The molecular weight excluding hydrogens is 324 g/mol. The Balaban J connectivity index is -0.0000000607. The van der Waals surface area contributed by atoms with Crippen molar-refractivity contribution in [3.63, 3.8) is 0 Å². The molecule has 0 aromatic carbocycles. The Bertz CT molecular complexity index is 283. The van der Waals surface area contributed by atoms with E-state index in [1.54, 1.807) is 20.8 Å². The molecule has 0 aliphatic rings. The number of carbonyl (C=O) groups excluding carboxylic acids is 2. The summed E-state index contributed by atoms with van der Waals surface area (Å²) in [7, 11) is 0. The average molecular weight is 354 g/mol. The van der Waals surface area contributed by atoms with Gasteiger partial charge in [0.15, 0.2) is 11.6 Å². The van der Waals surface area contributed by atoms with Crippen molar-refractivity contribution in [1.82, 2.24) is 0 Å². The van der Waals surface area contributed by atoms with Crippen LogP contribution >= 0.6 is 0 Å². The van der Waals surface area contributed by atoms with Crippen LogP contribution in [0.15, 0.2) is 23.7 Å². The first kappa shape index (κ1) is 32.9. The topological polar surface area (TPSA) is 115 Å². The van der Waals surface area contributed by atoms with E-state index < -0.39 is 0 Å². The smallest absolute Gasteiger partial charge is 0.155 e. The summed E-state index contributed by atoms with van der Waals surface area (Å²) in [5.74, 6) is -0.125. The van der Waals surface area contributed by atoms with E-state index in [0.29, 0.717) is 0 Å². The molecule has 7 heteroatoms. The van der Waals surface area contributed by atoms with Crippen LogP contribution in [-0.4, -0.2) is 44.7 Å². The summed E-state index contributed by atoms with van der Waals surface area (Å²) in [4.78, 5) is 20.0. The molecule has 4 N–H and O–H groups in total. The normalized spacial score (nSPS) is 9.73. The van der Waals surface area contributed by atoms with Gasteiger partial charge in [-0.25, -0.2) is 0 Å². The molecule has 0 saturated heterocycles. The van der Waals surface area contributed by atoms with Crippen molar-refractivity contribution < 1.29 is 51.7 Å². The Morgan fingerprint density at radius 1 is 0.909 bits per heavy atom. The van der Waals surface area contributed by atoms with Gasteiger partial charge in [0.25, 0.3) is 0 Å². The second-order valence-corrected chi connectivity index (χ2v) is 4.20. The zero-order valence-corrected chi connectivity index (χ0v) is 16.1. The van der Waals surface area contributed by atoms with Crippen molar-refractivity contribution in [2.24, 2.45) is 0 Å². The first-order valence-electron chi connectivity index (χ1n) is 6.45. The van der Waals surface area contributed by atoms with Crippen LogP contribution < -0.4 is 0 Å². The van der Waals surface area contributed by atoms with E-state index in [1.807, 2.05) is 0 Å². The summed E-state index contributed by atoms with van der Waals surface area (Å²) in [6.45, 7) is 11.1. The quantitative estimate of drug-likeness (QED) is 0.344. The molecular formula is C15H30O6Ti. The first-order chi connectivity index (χ1) is 9.40.